The molecule has 2 rings (SSSR count). The summed E-state index contributed by atoms with van der Waals surface area (Å²) in [5.41, 5.74) is 2.00. The zero-order valence-corrected chi connectivity index (χ0v) is 16.5. The molecule has 0 aliphatic carbocycles. The zero-order chi connectivity index (χ0) is 19.6. The highest BCUT2D eigenvalue weighted by molar-refractivity contribution is 5.81. The van der Waals surface area contributed by atoms with Crippen molar-refractivity contribution in [3.63, 3.8) is 0 Å². The van der Waals surface area contributed by atoms with E-state index in [1.165, 1.54) is 0 Å². The third-order valence-corrected chi connectivity index (χ3v) is 4.35. The van der Waals surface area contributed by atoms with Crippen molar-refractivity contribution in [1.82, 2.24) is 15.6 Å². The minimum Gasteiger partial charge on any atom is -0.493 e. The lowest BCUT2D eigenvalue weighted by atomic mass is 10.1. The van der Waals surface area contributed by atoms with Gasteiger partial charge in [-0.2, -0.15) is 0 Å². The van der Waals surface area contributed by atoms with Gasteiger partial charge in [-0.3, -0.25) is 9.78 Å². The molecule has 0 bridgehead atoms. The third kappa shape index (κ3) is 6.57. The molecule has 146 valence electrons. The van der Waals surface area contributed by atoms with E-state index in [1.54, 1.807) is 19.5 Å². The number of hydrogen-bond acceptors (Lipinski definition) is 5. The molecule has 0 aliphatic rings. The summed E-state index contributed by atoms with van der Waals surface area (Å²) in [4.78, 5) is 16.2. The van der Waals surface area contributed by atoms with Gasteiger partial charge in [0.05, 0.1) is 13.2 Å². The normalized spacial score (nSPS) is 12.9. The topological polar surface area (TPSA) is 72.5 Å². The van der Waals surface area contributed by atoms with Crippen LogP contribution in [0.3, 0.4) is 0 Å². The van der Waals surface area contributed by atoms with Gasteiger partial charge in [0.2, 0.25) is 5.91 Å². The van der Waals surface area contributed by atoms with Crippen molar-refractivity contribution in [2.24, 2.45) is 0 Å². The molecule has 0 aliphatic heterocycles. The van der Waals surface area contributed by atoms with Gasteiger partial charge in [0.1, 0.15) is 6.61 Å². The van der Waals surface area contributed by atoms with Gasteiger partial charge in [0, 0.05) is 30.5 Å². The first-order valence-corrected chi connectivity index (χ1v) is 9.25. The largest absolute Gasteiger partial charge is 0.493 e. The Hall–Kier alpha value is -2.60. The molecule has 0 fully saturated rings. The molecule has 2 N–H and O–H groups in total. The quantitative estimate of drug-likeness (QED) is 0.672. The standard InChI is InChI=1S/C21H29N3O3/c1-5-15(2)24-21(25)16(3)23-13-17-8-9-19(26-4)20(11-17)27-14-18-7-6-10-22-12-18/h6-12,15-16,23H,5,13-14H2,1-4H3,(H,24,25). The summed E-state index contributed by atoms with van der Waals surface area (Å²) in [6.07, 6.45) is 4.42. The predicted octanol–water partition coefficient (Wildman–Crippen LogP) is 3.06. The molecule has 2 unspecified atom stereocenters. The second-order valence-corrected chi connectivity index (χ2v) is 6.56. The van der Waals surface area contributed by atoms with Gasteiger partial charge in [-0.25, -0.2) is 0 Å². The van der Waals surface area contributed by atoms with Crippen molar-refractivity contribution < 1.29 is 14.3 Å². The molecule has 2 aromatic rings. The van der Waals surface area contributed by atoms with E-state index < -0.39 is 0 Å². The van der Waals surface area contributed by atoms with Gasteiger partial charge in [-0.1, -0.05) is 19.1 Å². The van der Waals surface area contributed by atoms with Crippen LogP contribution in [-0.4, -0.2) is 30.1 Å². The van der Waals surface area contributed by atoms with Gasteiger partial charge in [0.25, 0.3) is 0 Å². The number of hydrogen-bond donors (Lipinski definition) is 2. The highest BCUT2D eigenvalue weighted by Crippen LogP contribution is 2.28. The van der Waals surface area contributed by atoms with E-state index in [1.807, 2.05) is 51.1 Å². The van der Waals surface area contributed by atoms with Crippen LogP contribution in [0, 0.1) is 0 Å². The monoisotopic (exact) mass is 371 g/mol. The smallest absolute Gasteiger partial charge is 0.237 e. The Kier molecular flexibility index (Phi) is 8.07. The van der Waals surface area contributed by atoms with E-state index in [-0.39, 0.29) is 18.0 Å². The van der Waals surface area contributed by atoms with Crippen molar-refractivity contribution in [3.8, 4) is 11.5 Å². The van der Waals surface area contributed by atoms with E-state index in [0.717, 1.165) is 17.5 Å². The molecule has 0 radical (unpaired) electrons. The molecule has 1 aromatic carbocycles. The Morgan fingerprint density at radius 1 is 1.19 bits per heavy atom. The second-order valence-electron chi connectivity index (χ2n) is 6.56. The molecule has 1 amide bonds. The summed E-state index contributed by atoms with van der Waals surface area (Å²) in [5.74, 6) is 1.34. The number of ether oxygens (including phenoxy) is 2. The molecular weight excluding hydrogens is 342 g/mol. The number of pyridine rings is 1. The average molecular weight is 371 g/mol. The number of nitrogens with zero attached hydrogens (tertiary/aromatic N) is 1. The van der Waals surface area contributed by atoms with Crippen molar-refractivity contribution in [2.75, 3.05) is 7.11 Å². The number of amides is 1. The van der Waals surface area contributed by atoms with Crippen LogP contribution in [0.2, 0.25) is 0 Å². The first-order chi connectivity index (χ1) is 13.0. The van der Waals surface area contributed by atoms with E-state index in [0.29, 0.717) is 24.7 Å². The third-order valence-electron chi connectivity index (χ3n) is 4.35. The Bertz CT molecular complexity index is 722. The van der Waals surface area contributed by atoms with Crippen LogP contribution in [0.5, 0.6) is 11.5 Å². The fourth-order valence-electron chi connectivity index (χ4n) is 2.42. The summed E-state index contributed by atoms with van der Waals surface area (Å²) in [5, 5.41) is 6.23. The summed E-state index contributed by atoms with van der Waals surface area (Å²) >= 11 is 0. The number of aromatic nitrogens is 1. The minimum absolute atomic E-state index is 0.00547. The van der Waals surface area contributed by atoms with Crippen molar-refractivity contribution in [3.05, 3.63) is 53.9 Å². The first kappa shape index (κ1) is 20.7. The number of methoxy groups -OCH3 is 1. The maximum atomic E-state index is 12.1. The molecule has 0 spiro atoms. The molecule has 1 aromatic heterocycles. The lowest BCUT2D eigenvalue weighted by molar-refractivity contribution is -0.123. The average Bonchev–Trinajstić information content (AvgIpc) is 2.70. The van der Waals surface area contributed by atoms with Gasteiger partial charge in [0.15, 0.2) is 11.5 Å². The van der Waals surface area contributed by atoms with Crippen molar-refractivity contribution in [1.29, 1.82) is 0 Å². The van der Waals surface area contributed by atoms with Gasteiger partial charge >= 0.3 is 0 Å². The van der Waals surface area contributed by atoms with Crippen molar-refractivity contribution in [2.45, 2.75) is 52.4 Å². The van der Waals surface area contributed by atoms with E-state index in [2.05, 4.69) is 15.6 Å². The number of benzene rings is 1. The van der Waals surface area contributed by atoms with Gasteiger partial charge in [-0.05, 0) is 44.0 Å². The highest BCUT2D eigenvalue weighted by Gasteiger charge is 2.14. The fourth-order valence-corrected chi connectivity index (χ4v) is 2.42. The Morgan fingerprint density at radius 2 is 2.00 bits per heavy atom. The van der Waals surface area contributed by atoms with E-state index in [4.69, 9.17) is 9.47 Å². The Labute approximate surface area is 161 Å². The SMILES string of the molecule is CCC(C)NC(=O)C(C)NCc1ccc(OC)c(OCc2cccnc2)c1. The van der Waals surface area contributed by atoms with Crippen LogP contribution in [0.15, 0.2) is 42.7 Å². The van der Waals surface area contributed by atoms with Crippen LogP contribution in [0.1, 0.15) is 38.3 Å². The van der Waals surface area contributed by atoms with Crippen LogP contribution in [-0.2, 0) is 17.9 Å². The number of rotatable bonds is 10. The molecule has 0 saturated heterocycles. The fraction of sp³-hybridized carbons (Fsp3) is 0.429. The lowest BCUT2D eigenvalue weighted by Crippen LogP contribution is -2.45. The minimum atomic E-state index is -0.277. The number of nitrogens with one attached hydrogen (secondary N) is 2. The Balaban J connectivity index is 1.96. The number of carbonyl (C=O) groups excluding carboxylic acids is 1. The summed E-state index contributed by atoms with van der Waals surface area (Å²) in [7, 11) is 1.62. The summed E-state index contributed by atoms with van der Waals surface area (Å²) in [6.45, 7) is 6.88. The first-order valence-electron chi connectivity index (χ1n) is 9.25. The molecular formula is C21H29N3O3. The van der Waals surface area contributed by atoms with Crippen molar-refractivity contribution >= 4 is 5.91 Å². The van der Waals surface area contributed by atoms with Crippen LogP contribution in [0.25, 0.3) is 0 Å². The molecule has 6 nitrogen and oxygen atoms in total. The van der Waals surface area contributed by atoms with Crippen LogP contribution >= 0.6 is 0 Å². The van der Waals surface area contributed by atoms with E-state index >= 15 is 0 Å². The van der Waals surface area contributed by atoms with Gasteiger partial charge < -0.3 is 20.1 Å². The molecule has 0 saturated carbocycles. The van der Waals surface area contributed by atoms with Crippen LogP contribution in [0.4, 0.5) is 0 Å². The molecule has 1 heterocycles. The zero-order valence-electron chi connectivity index (χ0n) is 16.5. The second kappa shape index (κ2) is 10.5. The number of carbonyl (C=O) groups is 1. The summed E-state index contributed by atoms with van der Waals surface area (Å²) in [6, 6.07) is 9.50. The molecule has 6 heteroatoms. The van der Waals surface area contributed by atoms with Crippen LogP contribution < -0.4 is 20.1 Å². The molecule has 27 heavy (non-hydrogen) atoms. The predicted molar refractivity (Wildman–Crippen MR) is 106 cm³/mol. The lowest BCUT2D eigenvalue weighted by Gasteiger charge is -2.18. The van der Waals surface area contributed by atoms with Gasteiger partial charge in [-0.15, -0.1) is 0 Å². The van der Waals surface area contributed by atoms with E-state index in [9.17, 15) is 4.79 Å². The Morgan fingerprint density at radius 3 is 2.67 bits per heavy atom. The molecule has 2 atom stereocenters. The summed E-state index contributed by atoms with van der Waals surface area (Å²) < 4.78 is 11.3. The highest BCUT2D eigenvalue weighted by atomic mass is 16.5. The maximum absolute atomic E-state index is 12.1. The maximum Gasteiger partial charge on any atom is 0.237 e.